The quantitative estimate of drug-likeness (QED) is 0.709. The van der Waals surface area contributed by atoms with Crippen LogP contribution in [0, 0.1) is 5.82 Å². The number of hydrogen-bond donors (Lipinski definition) is 0. The van der Waals surface area contributed by atoms with Gasteiger partial charge >= 0.3 is 0 Å². The molecule has 0 aliphatic carbocycles. The van der Waals surface area contributed by atoms with Gasteiger partial charge in [0.15, 0.2) is 6.29 Å². The van der Waals surface area contributed by atoms with Crippen LogP contribution in [0.2, 0.25) is 0 Å². The highest BCUT2D eigenvalue weighted by molar-refractivity contribution is 7.17. The van der Waals surface area contributed by atoms with Crippen molar-refractivity contribution in [2.24, 2.45) is 0 Å². The van der Waals surface area contributed by atoms with Crippen molar-refractivity contribution in [1.82, 2.24) is 4.98 Å². The zero-order valence-corrected chi connectivity index (χ0v) is 7.92. The molecule has 4 heteroatoms. The third-order valence-electron chi connectivity index (χ3n) is 1.73. The van der Waals surface area contributed by atoms with E-state index in [4.69, 9.17) is 0 Å². The van der Waals surface area contributed by atoms with E-state index in [2.05, 4.69) is 4.98 Å². The molecule has 2 aromatic heterocycles. The summed E-state index contributed by atoms with van der Waals surface area (Å²) in [4.78, 5) is 15.6. The Morgan fingerprint density at radius 3 is 2.86 bits per heavy atom. The maximum Gasteiger partial charge on any atom is 0.160 e. The van der Waals surface area contributed by atoms with E-state index in [1.807, 2.05) is 0 Å². The van der Waals surface area contributed by atoms with Crippen LogP contribution in [-0.2, 0) is 0 Å². The Kier molecular flexibility index (Phi) is 2.37. The molecule has 0 atom stereocenters. The summed E-state index contributed by atoms with van der Waals surface area (Å²) in [5, 5.41) is 0. The topological polar surface area (TPSA) is 30.0 Å². The standard InChI is InChI=1S/C10H6FNOS/c11-8-2-1-5-12-10(8)9-4-3-7(6-13)14-9/h1-6H. The number of rotatable bonds is 2. The first kappa shape index (κ1) is 9.02. The molecular weight excluding hydrogens is 201 g/mol. The lowest BCUT2D eigenvalue weighted by Crippen LogP contribution is -1.84. The van der Waals surface area contributed by atoms with Crippen molar-refractivity contribution in [3.05, 3.63) is 41.2 Å². The van der Waals surface area contributed by atoms with Crippen molar-refractivity contribution in [3.63, 3.8) is 0 Å². The van der Waals surface area contributed by atoms with Gasteiger partial charge in [-0.3, -0.25) is 9.78 Å². The highest BCUT2D eigenvalue weighted by Gasteiger charge is 2.07. The van der Waals surface area contributed by atoms with Crippen LogP contribution in [0.15, 0.2) is 30.5 Å². The Labute approximate surface area is 84.0 Å². The average molecular weight is 207 g/mol. The fourth-order valence-corrected chi connectivity index (χ4v) is 1.93. The highest BCUT2D eigenvalue weighted by Crippen LogP contribution is 2.27. The molecule has 0 saturated heterocycles. The minimum absolute atomic E-state index is 0.297. The molecule has 0 radical (unpaired) electrons. The summed E-state index contributed by atoms with van der Waals surface area (Å²) in [7, 11) is 0. The second-order valence-corrected chi connectivity index (χ2v) is 3.77. The molecule has 0 amide bonds. The number of thiophene rings is 1. The fraction of sp³-hybridized carbons (Fsp3) is 0. The van der Waals surface area contributed by atoms with Crippen molar-refractivity contribution in [3.8, 4) is 10.6 Å². The zero-order valence-electron chi connectivity index (χ0n) is 7.11. The SMILES string of the molecule is O=Cc1ccc(-c2ncccc2F)s1. The summed E-state index contributed by atoms with van der Waals surface area (Å²) in [6.07, 6.45) is 2.27. The van der Waals surface area contributed by atoms with Gasteiger partial charge in [0.05, 0.1) is 9.75 Å². The van der Waals surface area contributed by atoms with Gasteiger partial charge < -0.3 is 0 Å². The first-order chi connectivity index (χ1) is 6.81. The number of halogens is 1. The smallest absolute Gasteiger partial charge is 0.160 e. The Balaban J connectivity index is 2.49. The fourth-order valence-electron chi connectivity index (χ4n) is 1.11. The van der Waals surface area contributed by atoms with E-state index in [-0.39, 0.29) is 5.82 Å². The van der Waals surface area contributed by atoms with E-state index in [0.717, 1.165) is 6.29 Å². The van der Waals surface area contributed by atoms with Crippen molar-refractivity contribution in [1.29, 1.82) is 0 Å². The molecule has 0 saturated carbocycles. The first-order valence-electron chi connectivity index (χ1n) is 3.97. The minimum Gasteiger partial charge on any atom is -0.297 e. The predicted octanol–water partition coefficient (Wildman–Crippen LogP) is 2.76. The largest absolute Gasteiger partial charge is 0.297 e. The molecule has 0 unspecified atom stereocenters. The summed E-state index contributed by atoms with van der Waals surface area (Å²) in [6, 6.07) is 6.23. The molecule has 0 bridgehead atoms. The molecule has 0 spiro atoms. The van der Waals surface area contributed by atoms with Crippen LogP contribution >= 0.6 is 11.3 Å². The van der Waals surface area contributed by atoms with Crippen LogP contribution in [-0.4, -0.2) is 11.3 Å². The third kappa shape index (κ3) is 1.56. The Hall–Kier alpha value is -1.55. The number of hydrogen-bond acceptors (Lipinski definition) is 3. The second kappa shape index (κ2) is 3.67. The van der Waals surface area contributed by atoms with Gasteiger partial charge in [-0.25, -0.2) is 4.39 Å². The lowest BCUT2D eigenvalue weighted by molar-refractivity contribution is 0.112. The van der Waals surface area contributed by atoms with E-state index in [1.165, 1.54) is 29.7 Å². The molecule has 70 valence electrons. The minimum atomic E-state index is -0.369. The summed E-state index contributed by atoms with van der Waals surface area (Å²) < 4.78 is 13.2. The number of nitrogens with zero attached hydrogens (tertiary/aromatic N) is 1. The van der Waals surface area contributed by atoms with Crippen LogP contribution < -0.4 is 0 Å². The second-order valence-electron chi connectivity index (χ2n) is 2.65. The maximum atomic E-state index is 13.2. The number of aromatic nitrogens is 1. The van der Waals surface area contributed by atoms with Crippen LogP contribution in [0.5, 0.6) is 0 Å². The van der Waals surface area contributed by atoms with Gasteiger partial charge in [-0.1, -0.05) is 0 Å². The summed E-state index contributed by atoms with van der Waals surface area (Å²) >= 11 is 1.23. The lowest BCUT2D eigenvalue weighted by atomic mass is 10.3. The van der Waals surface area contributed by atoms with Crippen molar-refractivity contribution in [2.75, 3.05) is 0 Å². The van der Waals surface area contributed by atoms with E-state index in [0.29, 0.717) is 15.4 Å². The van der Waals surface area contributed by atoms with Gasteiger partial charge in [-0.2, -0.15) is 0 Å². The van der Waals surface area contributed by atoms with E-state index in [1.54, 1.807) is 12.1 Å². The number of carbonyl (C=O) groups is 1. The van der Waals surface area contributed by atoms with Crippen LogP contribution in [0.4, 0.5) is 4.39 Å². The average Bonchev–Trinajstić information content (AvgIpc) is 2.67. The van der Waals surface area contributed by atoms with E-state index in [9.17, 15) is 9.18 Å². The number of pyridine rings is 1. The Bertz CT molecular complexity index is 467. The maximum absolute atomic E-state index is 13.2. The summed E-state index contributed by atoms with van der Waals surface area (Å²) in [5.74, 6) is -0.369. The van der Waals surface area contributed by atoms with Gasteiger partial charge in [-0.05, 0) is 24.3 Å². The number of carbonyl (C=O) groups excluding carboxylic acids is 1. The molecule has 2 aromatic rings. The molecule has 2 rings (SSSR count). The molecule has 2 heterocycles. The molecule has 0 aliphatic heterocycles. The Morgan fingerprint density at radius 1 is 1.36 bits per heavy atom. The Morgan fingerprint density at radius 2 is 2.21 bits per heavy atom. The molecule has 2 nitrogen and oxygen atoms in total. The summed E-state index contributed by atoms with van der Waals surface area (Å²) in [6.45, 7) is 0. The molecular formula is C10H6FNOS. The van der Waals surface area contributed by atoms with E-state index >= 15 is 0 Å². The van der Waals surface area contributed by atoms with Crippen molar-refractivity contribution < 1.29 is 9.18 Å². The molecule has 0 fully saturated rings. The van der Waals surface area contributed by atoms with Gasteiger partial charge in [0.1, 0.15) is 11.5 Å². The third-order valence-corrected chi connectivity index (χ3v) is 2.75. The van der Waals surface area contributed by atoms with Gasteiger partial charge in [0, 0.05) is 6.20 Å². The van der Waals surface area contributed by atoms with Crippen LogP contribution in [0.1, 0.15) is 9.67 Å². The normalized spacial score (nSPS) is 10.1. The van der Waals surface area contributed by atoms with E-state index < -0.39 is 0 Å². The van der Waals surface area contributed by atoms with Gasteiger partial charge in [0.2, 0.25) is 0 Å². The predicted molar refractivity (Wildman–Crippen MR) is 52.9 cm³/mol. The van der Waals surface area contributed by atoms with Gasteiger partial charge in [-0.15, -0.1) is 11.3 Å². The van der Waals surface area contributed by atoms with Gasteiger partial charge in [0.25, 0.3) is 0 Å². The first-order valence-corrected chi connectivity index (χ1v) is 4.79. The molecule has 0 N–H and O–H groups in total. The molecule has 14 heavy (non-hydrogen) atoms. The molecule has 0 aromatic carbocycles. The lowest BCUT2D eigenvalue weighted by Gasteiger charge is -1.96. The van der Waals surface area contributed by atoms with Crippen LogP contribution in [0.25, 0.3) is 10.6 Å². The van der Waals surface area contributed by atoms with Crippen LogP contribution in [0.3, 0.4) is 0 Å². The highest BCUT2D eigenvalue weighted by atomic mass is 32.1. The molecule has 0 aliphatic rings. The van der Waals surface area contributed by atoms with Crippen molar-refractivity contribution in [2.45, 2.75) is 0 Å². The summed E-state index contributed by atoms with van der Waals surface area (Å²) in [5.41, 5.74) is 0.297. The monoisotopic (exact) mass is 207 g/mol. The zero-order chi connectivity index (χ0) is 9.97. The number of aldehydes is 1. The van der Waals surface area contributed by atoms with Crippen molar-refractivity contribution >= 4 is 17.6 Å².